The Morgan fingerprint density at radius 1 is 1.32 bits per heavy atom. The number of anilines is 2. The molecule has 22 heavy (non-hydrogen) atoms. The van der Waals surface area contributed by atoms with E-state index in [1.807, 2.05) is 0 Å². The Balaban J connectivity index is 1.68. The highest BCUT2D eigenvalue weighted by atomic mass is 32.1. The number of rotatable bonds is 5. The van der Waals surface area contributed by atoms with Gasteiger partial charge in [0, 0.05) is 18.5 Å². The molecule has 0 radical (unpaired) electrons. The van der Waals surface area contributed by atoms with Crippen molar-refractivity contribution < 1.29 is 5.11 Å². The fourth-order valence-electron chi connectivity index (χ4n) is 2.78. The number of aromatic nitrogens is 1. The molecule has 0 saturated carbocycles. The lowest BCUT2D eigenvalue weighted by Gasteiger charge is -2.32. The number of nitrogens with one attached hydrogen (secondary N) is 1. The van der Waals surface area contributed by atoms with E-state index in [4.69, 9.17) is 0 Å². The molecule has 0 aliphatic carbocycles. The molecule has 118 valence electrons. The number of benzene rings is 1. The first-order valence-corrected chi connectivity index (χ1v) is 8.83. The van der Waals surface area contributed by atoms with E-state index in [1.54, 1.807) is 11.3 Å². The molecule has 5 heteroatoms. The number of nitrogens with zero attached hydrogens (tertiary/aromatic N) is 2. The second-order valence-electron chi connectivity index (χ2n) is 5.68. The summed E-state index contributed by atoms with van der Waals surface area (Å²) in [6.45, 7) is 4.72. The summed E-state index contributed by atoms with van der Waals surface area (Å²) >= 11 is 1.73. The summed E-state index contributed by atoms with van der Waals surface area (Å²) in [7, 11) is 0. The van der Waals surface area contributed by atoms with E-state index in [9.17, 15) is 5.11 Å². The molecule has 2 aromatic rings. The molecule has 0 unspecified atom stereocenters. The van der Waals surface area contributed by atoms with Gasteiger partial charge < -0.3 is 15.3 Å². The number of piperidine rings is 1. The number of aliphatic hydroxyl groups is 1. The van der Waals surface area contributed by atoms with Crippen LogP contribution in [0.25, 0.3) is 0 Å². The van der Waals surface area contributed by atoms with Crippen molar-refractivity contribution in [3.63, 3.8) is 0 Å². The van der Waals surface area contributed by atoms with Gasteiger partial charge in [0.1, 0.15) is 0 Å². The average molecular weight is 317 g/mol. The number of aliphatic hydroxyl groups excluding tert-OH is 1. The van der Waals surface area contributed by atoms with Gasteiger partial charge >= 0.3 is 0 Å². The minimum absolute atomic E-state index is 0.140. The van der Waals surface area contributed by atoms with Crippen molar-refractivity contribution in [3.8, 4) is 0 Å². The third kappa shape index (κ3) is 3.59. The highest BCUT2D eigenvalue weighted by Gasteiger charge is 2.19. The van der Waals surface area contributed by atoms with Crippen LogP contribution in [0.2, 0.25) is 0 Å². The van der Waals surface area contributed by atoms with Gasteiger partial charge in [0.05, 0.1) is 34.7 Å². The minimum Gasteiger partial charge on any atom is -0.393 e. The first kappa shape index (κ1) is 15.3. The van der Waals surface area contributed by atoms with Crippen molar-refractivity contribution >= 4 is 22.7 Å². The highest BCUT2D eigenvalue weighted by Crippen LogP contribution is 2.28. The zero-order chi connectivity index (χ0) is 15.4. The lowest BCUT2D eigenvalue weighted by Crippen LogP contribution is -2.36. The molecule has 2 N–H and O–H groups in total. The largest absolute Gasteiger partial charge is 0.393 e. The molecule has 2 heterocycles. The third-order valence-electron chi connectivity index (χ3n) is 4.07. The van der Waals surface area contributed by atoms with Crippen molar-refractivity contribution in [1.82, 2.24) is 4.98 Å². The maximum atomic E-state index is 9.67. The number of aryl methyl sites for hydroxylation is 1. The Kier molecular flexibility index (Phi) is 4.95. The van der Waals surface area contributed by atoms with Crippen molar-refractivity contribution in [2.45, 2.75) is 38.8 Å². The Morgan fingerprint density at radius 3 is 2.82 bits per heavy atom. The molecular formula is C17H23N3OS. The summed E-state index contributed by atoms with van der Waals surface area (Å²) < 4.78 is 0. The summed E-state index contributed by atoms with van der Waals surface area (Å²) in [5.74, 6) is 0. The molecule has 0 spiro atoms. The SMILES string of the molecule is CCc1nc(CNc2ccccc2N2CCC(O)CC2)cs1. The van der Waals surface area contributed by atoms with E-state index in [0.717, 1.165) is 50.3 Å². The van der Waals surface area contributed by atoms with Gasteiger partial charge in [-0.15, -0.1) is 11.3 Å². The normalized spacial score (nSPS) is 16.0. The van der Waals surface area contributed by atoms with E-state index < -0.39 is 0 Å². The first-order valence-electron chi connectivity index (χ1n) is 7.95. The molecule has 0 bridgehead atoms. The number of hydrogen-bond acceptors (Lipinski definition) is 5. The smallest absolute Gasteiger partial charge is 0.0926 e. The summed E-state index contributed by atoms with van der Waals surface area (Å²) in [6.07, 6.45) is 2.55. The summed E-state index contributed by atoms with van der Waals surface area (Å²) in [6, 6.07) is 8.40. The van der Waals surface area contributed by atoms with Crippen LogP contribution in [0.3, 0.4) is 0 Å². The maximum Gasteiger partial charge on any atom is 0.0926 e. The number of para-hydroxylation sites is 2. The predicted octanol–water partition coefficient (Wildman–Crippen LogP) is 3.28. The van der Waals surface area contributed by atoms with Crippen LogP contribution in [0, 0.1) is 0 Å². The van der Waals surface area contributed by atoms with Gasteiger partial charge in [-0.05, 0) is 31.4 Å². The minimum atomic E-state index is -0.140. The topological polar surface area (TPSA) is 48.4 Å². The highest BCUT2D eigenvalue weighted by molar-refractivity contribution is 7.09. The lowest BCUT2D eigenvalue weighted by atomic mass is 10.1. The van der Waals surface area contributed by atoms with Crippen LogP contribution in [0.15, 0.2) is 29.6 Å². The zero-order valence-corrected chi connectivity index (χ0v) is 13.8. The molecule has 1 fully saturated rings. The van der Waals surface area contributed by atoms with Gasteiger partial charge in [-0.2, -0.15) is 0 Å². The van der Waals surface area contributed by atoms with Gasteiger partial charge in [-0.1, -0.05) is 19.1 Å². The number of thiazole rings is 1. The Hall–Kier alpha value is -1.59. The predicted molar refractivity (Wildman–Crippen MR) is 92.7 cm³/mol. The number of hydrogen-bond donors (Lipinski definition) is 2. The van der Waals surface area contributed by atoms with Crippen molar-refractivity contribution in [2.75, 3.05) is 23.3 Å². The molecular weight excluding hydrogens is 294 g/mol. The van der Waals surface area contributed by atoms with Crippen LogP contribution in [0.1, 0.15) is 30.5 Å². The van der Waals surface area contributed by atoms with E-state index in [0.29, 0.717) is 0 Å². The van der Waals surface area contributed by atoms with E-state index in [1.165, 1.54) is 10.7 Å². The van der Waals surface area contributed by atoms with Gasteiger partial charge in [0.2, 0.25) is 0 Å². The van der Waals surface area contributed by atoms with E-state index in [2.05, 4.69) is 51.8 Å². The Labute approximate surface area is 135 Å². The molecule has 1 saturated heterocycles. The van der Waals surface area contributed by atoms with Crippen LogP contribution < -0.4 is 10.2 Å². The average Bonchev–Trinajstić information content (AvgIpc) is 3.02. The van der Waals surface area contributed by atoms with Crippen LogP contribution in [-0.4, -0.2) is 29.3 Å². The fourth-order valence-corrected chi connectivity index (χ4v) is 3.53. The van der Waals surface area contributed by atoms with Gasteiger partial charge in [0.25, 0.3) is 0 Å². The van der Waals surface area contributed by atoms with Crippen LogP contribution >= 0.6 is 11.3 Å². The third-order valence-corrected chi connectivity index (χ3v) is 5.11. The monoisotopic (exact) mass is 317 g/mol. The lowest BCUT2D eigenvalue weighted by molar-refractivity contribution is 0.145. The first-order chi connectivity index (χ1) is 10.8. The Morgan fingerprint density at radius 2 is 2.09 bits per heavy atom. The maximum absolute atomic E-state index is 9.67. The van der Waals surface area contributed by atoms with Crippen molar-refractivity contribution in [3.05, 3.63) is 40.3 Å². The van der Waals surface area contributed by atoms with Crippen LogP contribution in [-0.2, 0) is 13.0 Å². The van der Waals surface area contributed by atoms with Gasteiger partial charge in [0.15, 0.2) is 0 Å². The van der Waals surface area contributed by atoms with Crippen molar-refractivity contribution in [2.24, 2.45) is 0 Å². The Bertz CT molecular complexity index is 605. The molecule has 1 aliphatic heterocycles. The second-order valence-corrected chi connectivity index (χ2v) is 6.62. The van der Waals surface area contributed by atoms with Crippen LogP contribution in [0.4, 0.5) is 11.4 Å². The fraction of sp³-hybridized carbons (Fsp3) is 0.471. The molecule has 4 nitrogen and oxygen atoms in total. The molecule has 0 atom stereocenters. The van der Waals surface area contributed by atoms with Gasteiger partial charge in [-0.25, -0.2) is 4.98 Å². The second kappa shape index (κ2) is 7.11. The van der Waals surface area contributed by atoms with E-state index >= 15 is 0 Å². The van der Waals surface area contributed by atoms with Crippen molar-refractivity contribution in [1.29, 1.82) is 0 Å². The van der Waals surface area contributed by atoms with Gasteiger partial charge in [-0.3, -0.25) is 0 Å². The summed E-state index contributed by atoms with van der Waals surface area (Å²) in [5, 5.41) is 16.5. The molecule has 1 aromatic carbocycles. The molecule has 1 aliphatic rings. The van der Waals surface area contributed by atoms with E-state index in [-0.39, 0.29) is 6.10 Å². The zero-order valence-electron chi connectivity index (χ0n) is 13.0. The standard InChI is InChI=1S/C17H23N3OS/c1-2-17-19-13(12-22-17)11-18-15-5-3-4-6-16(15)20-9-7-14(21)8-10-20/h3-6,12,14,18,21H,2,7-11H2,1H3. The molecule has 0 amide bonds. The molecule has 3 rings (SSSR count). The van der Waals surface area contributed by atoms with Crippen LogP contribution in [0.5, 0.6) is 0 Å². The quantitative estimate of drug-likeness (QED) is 0.888. The molecule has 1 aromatic heterocycles. The summed E-state index contributed by atoms with van der Waals surface area (Å²) in [4.78, 5) is 6.96. The summed E-state index contributed by atoms with van der Waals surface area (Å²) in [5.41, 5.74) is 3.47.